The highest BCUT2D eigenvalue weighted by Gasteiger charge is 2.26. The fourth-order valence-electron chi connectivity index (χ4n) is 1.42. The first-order valence-corrected chi connectivity index (χ1v) is 4.88. The van der Waals surface area contributed by atoms with Crippen molar-refractivity contribution in [2.24, 2.45) is 0 Å². The van der Waals surface area contributed by atoms with Crippen LogP contribution in [-0.4, -0.2) is 33.0 Å². The van der Waals surface area contributed by atoms with Crippen molar-refractivity contribution in [2.75, 3.05) is 6.61 Å². The molecule has 0 aromatic heterocycles. The minimum absolute atomic E-state index is 0.129. The number of nitro benzene ring substituents is 1. The SMILES string of the molecule is O=[N+]([O-])c1cc(F)ccc1C(O)C(O)CCO. The van der Waals surface area contributed by atoms with E-state index in [-0.39, 0.29) is 18.6 Å². The van der Waals surface area contributed by atoms with Gasteiger partial charge in [0.05, 0.1) is 22.7 Å². The molecule has 0 amide bonds. The van der Waals surface area contributed by atoms with Crippen LogP contribution in [0.4, 0.5) is 10.1 Å². The van der Waals surface area contributed by atoms with Gasteiger partial charge in [-0.15, -0.1) is 0 Å². The van der Waals surface area contributed by atoms with Gasteiger partial charge in [0.2, 0.25) is 0 Å². The second-order valence-electron chi connectivity index (χ2n) is 3.48. The molecule has 7 heteroatoms. The standard InChI is InChI=1S/C10H12FNO5/c11-6-1-2-7(8(5-6)12(16)17)10(15)9(14)3-4-13/h1-2,5,9-10,13-15H,3-4H2. The number of hydrogen-bond acceptors (Lipinski definition) is 5. The zero-order valence-corrected chi connectivity index (χ0v) is 8.78. The number of halogens is 1. The molecule has 1 rings (SSSR count). The summed E-state index contributed by atoms with van der Waals surface area (Å²) >= 11 is 0. The second kappa shape index (κ2) is 5.67. The normalized spacial score (nSPS) is 14.4. The van der Waals surface area contributed by atoms with Gasteiger partial charge in [-0.3, -0.25) is 10.1 Å². The Labute approximate surface area is 96.1 Å². The average Bonchev–Trinajstić information content (AvgIpc) is 2.28. The predicted octanol–water partition coefficient (Wildman–Crippen LogP) is 0.511. The van der Waals surface area contributed by atoms with Crippen LogP contribution in [0, 0.1) is 15.9 Å². The van der Waals surface area contributed by atoms with Crippen LogP contribution in [0.3, 0.4) is 0 Å². The second-order valence-corrected chi connectivity index (χ2v) is 3.48. The fraction of sp³-hybridized carbons (Fsp3) is 0.400. The molecule has 3 N–H and O–H groups in total. The van der Waals surface area contributed by atoms with E-state index < -0.39 is 28.6 Å². The van der Waals surface area contributed by atoms with Crippen LogP contribution < -0.4 is 0 Å². The molecule has 0 radical (unpaired) electrons. The Balaban J connectivity index is 3.08. The highest BCUT2D eigenvalue weighted by Crippen LogP contribution is 2.28. The third kappa shape index (κ3) is 3.19. The highest BCUT2D eigenvalue weighted by atomic mass is 19.1. The maximum atomic E-state index is 12.8. The van der Waals surface area contributed by atoms with Crippen LogP contribution in [0.2, 0.25) is 0 Å². The first-order valence-electron chi connectivity index (χ1n) is 4.88. The molecule has 6 nitrogen and oxygen atoms in total. The minimum Gasteiger partial charge on any atom is -0.396 e. The molecule has 0 saturated carbocycles. The minimum atomic E-state index is -1.54. The molecule has 0 spiro atoms. The average molecular weight is 245 g/mol. The number of benzene rings is 1. The summed E-state index contributed by atoms with van der Waals surface area (Å²) in [5, 5.41) is 38.3. The summed E-state index contributed by atoms with van der Waals surface area (Å²) < 4.78 is 12.8. The Bertz CT molecular complexity index is 412. The molecule has 1 aromatic carbocycles. The van der Waals surface area contributed by atoms with Gasteiger partial charge in [0.15, 0.2) is 0 Å². The largest absolute Gasteiger partial charge is 0.396 e. The van der Waals surface area contributed by atoms with Crippen LogP contribution in [0.5, 0.6) is 0 Å². The van der Waals surface area contributed by atoms with Gasteiger partial charge in [0.25, 0.3) is 5.69 Å². The summed E-state index contributed by atoms with van der Waals surface area (Å²) in [7, 11) is 0. The molecule has 0 aliphatic carbocycles. The van der Waals surface area contributed by atoms with Crippen molar-refractivity contribution >= 4 is 5.69 Å². The van der Waals surface area contributed by atoms with Crippen molar-refractivity contribution in [3.8, 4) is 0 Å². The molecular weight excluding hydrogens is 233 g/mol. The van der Waals surface area contributed by atoms with Gasteiger partial charge < -0.3 is 15.3 Å². The molecule has 0 aliphatic rings. The van der Waals surface area contributed by atoms with Crippen LogP contribution in [0.1, 0.15) is 18.1 Å². The van der Waals surface area contributed by atoms with Crippen LogP contribution in [0.25, 0.3) is 0 Å². The number of hydrogen-bond donors (Lipinski definition) is 3. The Kier molecular flexibility index (Phi) is 4.50. The van der Waals surface area contributed by atoms with Crippen LogP contribution >= 0.6 is 0 Å². The number of aliphatic hydroxyl groups is 3. The lowest BCUT2D eigenvalue weighted by molar-refractivity contribution is -0.386. The summed E-state index contributed by atoms with van der Waals surface area (Å²) in [5.41, 5.74) is -0.785. The Morgan fingerprint density at radius 3 is 2.59 bits per heavy atom. The molecule has 17 heavy (non-hydrogen) atoms. The first-order chi connectivity index (χ1) is 7.97. The summed E-state index contributed by atoms with van der Waals surface area (Å²) in [6.07, 6.45) is -3.01. The predicted molar refractivity (Wildman–Crippen MR) is 55.7 cm³/mol. The monoisotopic (exact) mass is 245 g/mol. The molecule has 0 fully saturated rings. The number of nitrogens with zero attached hydrogens (tertiary/aromatic N) is 1. The summed E-state index contributed by atoms with van der Waals surface area (Å²) in [6, 6.07) is 2.67. The highest BCUT2D eigenvalue weighted by molar-refractivity contribution is 5.42. The van der Waals surface area contributed by atoms with Gasteiger partial charge in [-0.2, -0.15) is 0 Å². The molecule has 2 atom stereocenters. The van der Waals surface area contributed by atoms with Crippen LogP contribution in [-0.2, 0) is 0 Å². The van der Waals surface area contributed by atoms with E-state index >= 15 is 0 Å². The molecule has 0 saturated heterocycles. The molecular formula is C10H12FNO5. The van der Waals surface area contributed by atoms with Gasteiger partial charge in [-0.25, -0.2) is 4.39 Å². The van der Waals surface area contributed by atoms with E-state index in [2.05, 4.69) is 0 Å². The zero-order valence-electron chi connectivity index (χ0n) is 8.78. The summed E-state index contributed by atoms with van der Waals surface area (Å²) in [6.45, 7) is -0.368. The molecule has 1 aromatic rings. The number of rotatable bonds is 5. The van der Waals surface area contributed by atoms with Crippen molar-refractivity contribution in [3.63, 3.8) is 0 Å². The van der Waals surface area contributed by atoms with Gasteiger partial charge in [-0.1, -0.05) is 0 Å². The molecule has 2 unspecified atom stereocenters. The van der Waals surface area contributed by atoms with Crippen molar-refractivity contribution < 1.29 is 24.6 Å². The maximum absolute atomic E-state index is 12.8. The van der Waals surface area contributed by atoms with Crippen molar-refractivity contribution in [1.29, 1.82) is 0 Å². The van der Waals surface area contributed by atoms with E-state index in [0.29, 0.717) is 6.07 Å². The number of nitro groups is 1. The first kappa shape index (κ1) is 13.5. The van der Waals surface area contributed by atoms with Gasteiger partial charge in [0, 0.05) is 6.61 Å². The molecule has 0 bridgehead atoms. The Morgan fingerprint density at radius 2 is 2.06 bits per heavy atom. The lowest BCUT2D eigenvalue weighted by Gasteiger charge is -2.17. The van der Waals surface area contributed by atoms with Gasteiger partial charge >= 0.3 is 0 Å². The fourth-order valence-corrected chi connectivity index (χ4v) is 1.42. The molecule has 0 heterocycles. The van der Waals surface area contributed by atoms with E-state index in [9.17, 15) is 24.7 Å². The maximum Gasteiger partial charge on any atom is 0.278 e. The van der Waals surface area contributed by atoms with E-state index in [0.717, 1.165) is 12.1 Å². The van der Waals surface area contributed by atoms with Crippen molar-refractivity contribution in [3.05, 3.63) is 39.7 Å². The molecule has 0 aliphatic heterocycles. The lowest BCUT2D eigenvalue weighted by Crippen LogP contribution is -2.20. The van der Waals surface area contributed by atoms with Crippen molar-refractivity contribution in [2.45, 2.75) is 18.6 Å². The van der Waals surface area contributed by atoms with E-state index in [1.807, 2.05) is 0 Å². The third-order valence-electron chi connectivity index (χ3n) is 2.30. The van der Waals surface area contributed by atoms with E-state index in [4.69, 9.17) is 5.11 Å². The van der Waals surface area contributed by atoms with Gasteiger partial charge in [-0.05, 0) is 18.6 Å². The third-order valence-corrected chi connectivity index (χ3v) is 2.30. The summed E-state index contributed by atoms with van der Waals surface area (Å²) in [4.78, 5) is 9.82. The van der Waals surface area contributed by atoms with Gasteiger partial charge in [0.1, 0.15) is 11.9 Å². The van der Waals surface area contributed by atoms with Crippen LogP contribution in [0.15, 0.2) is 18.2 Å². The van der Waals surface area contributed by atoms with E-state index in [1.54, 1.807) is 0 Å². The Morgan fingerprint density at radius 1 is 1.41 bits per heavy atom. The quantitative estimate of drug-likeness (QED) is 0.518. The lowest BCUT2D eigenvalue weighted by atomic mass is 10.0. The smallest absolute Gasteiger partial charge is 0.278 e. The van der Waals surface area contributed by atoms with Crippen molar-refractivity contribution in [1.82, 2.24) is 0 Å². The van der Waals surface area contributed by atoms with E-state index in [1.165, 1.54) is 0 Å². The topological polar surface area (TPSA) is 104 Å². The zero-order chi connectivity index (χ0) is 13.0. The number of aliphatic hydroxyl groups excluding tert-OH is 3. The molecule has 94 valence electrons. The summed E-state index contributed by atoms with van der Waals surface area (Å²) in [5.74, 6) is -0.802. The Hall–Kier alpha value is -1.57.